The highest BCUT2D eigenvalue weighted by Crippen LogP contribution is 2.25. The number of rotatable bonds is 8. The van der Waals surface area contributed by atoms with Crippen molar-refractivity contribution in [2.45, 2.75) is 20.1 Å². The fourth-order valence-corrected chi connectivity index (χ4v) is 2.21. The first-order chi connectivity index (χ1) is 13.8. The number of non-ortho nitro benzene ring substituents is 1. The lowest BCUT2D eigenvalue weighted by Gasteiger charge is -2.13. The summed E-state index contributed by atoms with van der Waals surface area (Å²) in [6, 6.07) is 12.0. The Morgan fingerprint density at radius 3 is 2.24 bits per heavy atom. The lowest BCUT2D eigenvalue weighted by molar-refractivity contribution is -0.385. The van der Waals surface area contributed by atoms with Gasteiger partial charge in [0.05, 0.1) is 4.92 Å². The van der Waals surface area contributed by atoms with Gasteiger partial charge in [0.25, 0.3) is 5.69 Å². The Morgan fingerprint density at radius 2 is 1.66 bits per heavy atom. The third-order valence-corrected chi connectivity index (χ3v) is 3.75. The summed E-state index contributed by atoms with van der Waals surface area (Å²) in [6.45, 7) is 0.746. The number of nitrogens with zero attached hydrogens (tertiary/aromatic N) is 1. The number of hydrogen-bond donors (Lipinski definition) is 1. The van der Waals surface area contributed by atoms with Crippen LogP contribution in [0.1, 0.15) is 18.1 Å². The molecule has 0 saturated carbocycles. The van der Waals surface area contributed by atoms with Crippen molar-refractivity contribution in [1.29, 1.82) is 0 Å². The van der Waals surface area contributed by atoms with Gasteiger partial charge in [0.15, 0.2) is 5.92 Å². The van der Waals surface area contributed by atoms with Gasteiger partial charge in [-0.05, 0) is 18.6 Å². The molecule has 0 aliphatic heterocycles. The van der Waals surface area contributed by atoms with Crippen LogP contribution in [0.4, 0.5) is 10.5 Å². The average Bonchev–Trinajstić information content (AvgIpc) is 2.70. The second-order valence-electron chi connectivity index (χ2n) is 5.84. The molecule has 152 valence electrons. The number of benzene rings is 2. The monoisotopic (exact) mass is 403 g/mol. The number of carbonyl (C=O) groups excluding carboxylic acids is 2. The number of hydrogen-bond acceptors (Lipinski definition) is 8. The molecule has 2 aromatic rings. The predicted molar refractivity (Wildman–Crippen MR) is 96.9 cm³/mol. The molecule has 29 heavy (non-hydrogen) atoms. The summed E-state index contributed by atoms with van der Waals surface area (Å²) in [7, 11) is 0. The molecule has 0 aliphatic carbocycles. The van der Waals surface area contributed by atoms with E-state index in [4.69, 9.17) is 14.6 Å². The van der Waals surface area contributed by atoms with Gasteiger partial charge in [-0.3, -0.25) is 19.7 Å². The molecule has 0 radical (unpaired) electrons. The number of nitro benzene ring substituents is 1. The third-order valence-electron chi connectivity index (χ3n) is 3.75. The highest BCUT2D eigenvalue weighted by molar-refractivity contribution is 5.94. The van der Waals surface area contributed by atoms with Gasteiger partial charge >= 0.3 is 18.1 Å². The summed E-state index contributed by atoms with van der Waals surface area (Å²) in [5.41, 5.74) is 0.359. The van der Waals surface area contributed by atoms with Crippen LogP contribution >= 0.6 is 0 Å². The van der Waals surface area contributed by atoms with Crippen LogP contribution in [0.5, 0.6) is 5.75 Å². The molecular formula is C19H17NO9. The number of ether oxygens (including phenoxy) is 3. The molecule has 0 aromatic heterocycles. The second kappa shape index (κ2) is 9.83. The average molecular weight is 403 g/mol. The van der Waals surface area contributed by atoms with Crippen LogP contribution in [0.25, 0.3) is 0 Å². The van der Waals surface area contributed by atoms with Crippen molar-refractivity contribution < 1.29 is 38.6 Å². The van der Waals surface area contributed by atoms with Crippen LogP contribution in [-0.4, -0.2) is 28.1 Å². The molecule has 1 unspecified atom stereocenters. The van der Waals surface area contributed by atoms with E-state index in [0.717, 1.165) is 23.8 Å². The minimum atomic E-state index is -1.63. The van der Waals surface area contributed by atoms with E-state index in [1.165, 1.54) is 6.92 Å². The Hall–Kier alpha value is -3.95. The van der Waals surface area contributed by atoms with Crippen molar-refractivity contribution >= 4 is 23.8 Å². The maximum atomic E-state index is 12.1. The lowest BCUT2D eigenvalue weighted by atomic mass is 10.1. The van der Waals surface area contributed by atoms with E-state index in [1.54, 1.807) is 24.3 Å². The molecule has 0 saturated heterocycles. The smallest absolute Gasteiger partial charge is 0.460 e. The van der Waals surface area contributed by atoms with E-state index in [2.05, 4.69) is 4.74 Å². The van der Waals surface area contributed by atoms with Gasteiger partial charge in [0.2, 0.25) is 0 Å². The SMILES string of the molecule is CC(C(=O)OCc1ccccc1)C(=O)OCc1cc([N+](=O)[O-])ccc1OC(=O)O. The van der Waals surface area contributed by atoms with Crippen molar-refractivity contribution in [3.8, 4) is 5.75 Å². The topological polar surface area (TPSA) is 142 Å². The van der Waals surface area contributed by atoms with Crippen molar-refractivity contribution in [3.63, 3.8) is 0 Å². The Kier molecular flexibility index (Phi) is 7.24. The molecule has 0 aliphatic rings. The lowest BCUT2D eigenvalue weighted by Crippen LogP contribution is -2.25. The molecule has 2 aromatic carbocycles. The normalized spacial score (nSPS) is 11.2. The number of esters is 2. The van der Waals surface area contributed by atoms with E-state index in [1.807, 2.05) is 6.07 Å². The Morgan fingerprint density at radius 1 is 1.03 bits per heavy atom. The molecule has 10 heteroatoms. The van der Waals surface area contributed by atoms with E-state index >= 15 is 0 Å². The molecule has 0 amide bonds. The molecule has 1 N–H and O–H groups in total. The summed E-state index contributed by atoms with van der Waals surface area (Å²) in [5, 5.41) is 19.6. The third kappa shape index (κ3) is 6.31. The summed E-state index contributed by atoms with van der Waals surface area (Å²) in [4.78, 5) is 45.1. The van der Waals surface area contributed by atoms with E-state index in [-0.39, 0.29) is 23.6 Å². The Bertz CT molecular complexity index is 911. The first-order valence-electron chi connectivity index (χ1n) is 8.33. The van der Waals surface area contributed by atoms with Crippen LogP contribution in [0.15, 0.2) is 48.5 Å². The molecule has 0 spiro atoms. The molecule has 2 rings (SSSR count). The van der Waals surface area contributed by atoms with E-state index < -0.39 is 35.5 Å². The maximum Gasteiger partial charge on any atom is 0.511 e. The zero-order valence-corrected chi connectivity index (χ0v) is 15.3. The molecule has 1 atom stereocenters. The number of carbonyl (C=O) groups is 3. The van der Waals surface area contributed by atoms with Crippen LogP contribution < -0.4 is 4.74 Å². The second-order valence-corrected chi connectivity index (χ2v) is 5.84. The standard InChI is InChI=1S/C19H17NO9/c1-12(17(21)27-10-13-5-3-2-4-6-13)18(22)28-11-14-9-15(20(25)26)7-8-16(14)29-19(23)24/h2-9,12H,10-11H2,1H3,(H,23,24). The quantitative estimate of drug-likeness (QED) is 0.231. The Labute approximate surface area is 164 Å². The van der Waals surface area contributed by atoms with E-state index in [0.29, 0.717) is 0 Å². The van der Waals surface area contributed by atoms with Crippen molar-refractivity contribution in [3.05, 3.63) is 69.8 Å². The van der Waals surface area contributed by atoms with Crippen molar-refractivity contribution in [2.24, 2.45) is 5.92 Å². The van der Waals surface area contributed by atoms with Crippen molar-refractivity contribution in [2.75, 3.05) is 0 Å². The summed E-state index contributed by atoms with van der Waals surface area (Å²) in [5.74, 6) is -3.22. The number of nitro groups is 1. The highest BCUT2D eigenvalue weighted by atomic mass is 16.7. The summed E-state index contributed by atoms with van der Waals surface area (Å²) >= 11 is 0. The number of carboxylic acid groups (broad SMARTS) is 1. The van der Waals surface area contributed by atoms with Crippen LogP contribution in [-0.2, 0) is 32.3 Å². The van der Waals surface area contributed by atoms with Crippen LogP contribution in [0.3, 0.4) is 0 Å². The first-order valence-corrected chi connectivity index (χ1v) is 8.33. The van der Waals surface area contributed by atoms with Gasteiger partial charge in [0, 0.05) is 17.7 Å². The van der Waals surface area contributed by atoms with Crippen molar-refractivity contribution in [1.82, 2.24) is 0 Å². The van der Waals surface area contributed by atoms with Gasteiger partial charge in [-0.25, -0.2) is 4.79 Å². The molecular weight excluding hydrogens is 386 g/mol. The van der Waals surface area contributed by atoms with Crippen LogP contribution in [0, 0.1) is 16.0 Å². The largest absolute Gasteiger partial charge is 0.511 e. The van der Waals surface area contributed by atoms with Gasteiger partial charge in [-0.15, -0.1) is 0 Å². The van der Waals surface area contributed by atoms with Crippen LogP contribution in [0.2, 0.25) is 0 Å². The van der Waals surface area contributed by atoms with Gasteiger partial charge in [0.1, 0.15) is 19.0 Å². The fraction of sp³-hybridized carbons (Fsp3) is 0.211. The zero-order valence-electron chi connectivity index (χ0n) is 15.3. The summed E-state index contributed by atoms with van der Waals surface area (Å²) in [6.07, 6.45) is -1.63. The predicted octanol–water partition coefficient (Wildman–Crippen LogP) is 3.07. The first kappa shape index (κ1) is 21.4. The molecule has 10 nitrogen and oxygen atoms in total. The minimum absolute atomic E-state index is 0.0151. The summed E-state index contributed by atoms with van der Waals surface area (Å²) < 4.78 is 14.6. The van der Waals surface area contributed by atoms with Gasteiger partial charge in [-0.1, -0.05) is 30.3 Å². The fourth-order valence-electron chi connectivity index (χ4n) is 2.21. The molecule has 0 bridgehead atoms. The maximum absolute atomic E-state index is 12.1. The molecule has 0 heterocycles. The van der Waals surface area contributed by atoms with E-state index in [9.17, 15) is 24.5 Å². The molecule has 0 fully saturated rings. The zero-order chi connectivity index (χ0) is 21.4. The van der Waals surface area contributed by atoms with Gasteiger partial charge < -0.3 is 19.3 Å². The Balaban J connectivity index is 1.99. The minimum Gasteiger partial charge on any atom is -0.460 e. The highest BCUT2D eigenvalue weighted by Gasteiger charge is 2.25. The van der Waals surface area contributed by atoms with Gasteiger partial charge in [-0.2, -0.15) is 0 Å².